The minimum absolute atomic E-state index is 0.109. The van der Waals surface area contributed by atoms with Crippen LogP contribution in [0.4, 0.5) is 21.5 Å². The van der Waals surface area contributed by atoms with Crippen LogP contribution in [-0.2, 0) is 13.6 Å². The largest absolute Gasteiger partial charge is 0.397 e. The van der Waals surface area contributed by atoms with E-state index in [1.165, 1.54) is 6.07 Å². The number of nitrogen functional groups attached to an aromatic ring is 2. The molecular formula is C12H15ClFN5. The van der Waals surface area contributed by atoms with Crippen molar-refractivity contribution in [3.8, 4) is 0 Å². The van der Waals surface area contributed by atoms with Crippen molar-refractivity contribution in [2.45, 2.75) is 6.54 Å². The summed E-state index contributed by atoms with van der Waals surface area (Å²) in [5, 5.41) is 3.95. The van der Waals surface area contributed by atoms with Crippen molar-refractivity contribution in [1.82, 2.24) is 9.78 Å². The molecule has 0 radical (unpaired) electrons. The van der Waals surface area contributed by atoms with Gasteiger partial charge < -0.3 is 16.4 Å². The van der Waals surface area contributed by atoms with E-state index in [-0.39, 0.29) is 22.1 Å². The zero-order chi connectivity index (χ0) is 14.2. The van der Waals surface area contributed by atoms with E-state index in [0.717, 1.165) is 5.56 Å². The Morgan fingerprint density at radius 1 is 1.42 bits per heavy atom. The number of rotatable bonds is 3. The third-order valence-electron chi connectivity index (χ3n) is 2.80. The first-order valence-electron chi connectivity index (χ1n) is 5.61. The average molecular weight is 284 g/mol. The van der Waals surface area contributed by atoms with Crippen molar-refractivity contribution in [1.29, 1.82) is 0 Å². The normalized spacial score (nSPS) is 10.7. The lowest BCUT2D eigenvalue weighted by Gasteiger charge is -2.22. The van der Waals surface area contributed by atoms with Gasteiger partial charge in [0.1, 0.15) is 5.02 Å². The van der Waals surface area contributed by atoms with Crippen LogP contribution in [0.2, 0.25) is 5.02 Å². The van der Waals surface area contributed by atoms with Crippen molar-refractivity contribution >= 4 is 28.7 Å². The van der Waals surface area contributed by atoms with E-state index in [2.05, 4.69) is 5.10 Å². The lowest BCUT2D eigenvalue weighted by Crippen LogP contribution is -2.19. The van der Waals surface area contributed by atoms with Gasteiger partial charge in [-0.05, 0) is 6.07 Å². The lowest BCUT2D eigenvalue weighted by molar-refractivity contribution is 0.624. The van der Waals surface area contributed by atoms with Gasteiger partial charge in [-0.25, -0.2) is 4.39 Å². The molecule has 0 saturated carbocycles. The molecule has 0 unspecified atom stereocenters. The number of nitrogens with two attached hydrogens (primary N) is 2. The fraction of sp³-hybridized carbons (Fsp3) is 0.250. The summed E-state index contributed by atoms with van der Waals surface area (Å²) < 4.78 is 15.8. The third kappa shape index (κ3) is 2.58. The minimum Gasteiger partial charge on any atom is -0.397 e. The maximum absolute atomic E-state index is 14.1. The van der Waals surface area contributed by atoms with Gasteiger partial charge in [0.15, 0.2) is 5.82 Å². The van der Waals surface area contributed by atoms with Crippen LogP contribution in [0.25, 0.3) is 0 Å². The van der Waals surface area contributed by atoms with Crippen LogP contribution < -0.4 is 16.4 Å². The standard InChI is InChI=1S/C12H15ClFN5/c1-18(5-7-4-17-19(2)6-7)12-9(16)3-8(15)10(13)11(12)14/h3-4,6H,5,15-16H2,1-2H3. The summed E-state index contributed by atoms with van der Waals surface area (Å²) in [4.78, 5) is 1.67. The molecule has 1 aromatic carbocycles. The molecule has 0 fully saturated rings. The maximum Gasteiger partial charge on any atom is 0.169 e. The first-order valence-corrected chi connectivity index (χ1v) is 5.99. The first-order chi connectivity index (χ1) is 8.90. The summed E-state index contributed by atoms with van der Waals surface area (Å²) in [5.74, 6) is -0.606. The van der Waals surface area contributed by atoms with Gasteiger partial charge in [-0.15, -0.1) is 0 Å². The number of hydrogen-bond donors (Lipinski definition) is 2. The van der Waals surface area contributed by atoms with Crippen molar-refractivity contribution in [2.24, 2.45) is 7.05 Å². The number of halogens is 2. The summed E-state index contributed by atoms with van der Waals surface area (Å²) >= 11 is 5.81. The second kappa shape index (κ2) is 4.97. The number of aryl methyl sites for hydroxylation is 1. The Kier molecular flexibility index (Phi) is 3.53. The molecule has 0 bridgehead atoms. The van der Waals surface area contributed by atoms with Crippen LogP contribution in [-0.4, -0.2) is 16.8 Å². The van der Waals surface area contributed by atoms with Crippen molar-refractivity contribution in [2.75, 3.05) is 23.4 Å². The highest BCUT2D eigenvalue weighted by Gasteiger charge is 2.18. The Labute approximate surface area is 115 Å². The summed E-state index contributed by atoms with van der Waals surface area (Å²) in [6, 6.07) is 1.46. The zero-order valence-corrected chi connectivity index (χ0v) is 11.4. The van der Waals surface area contributed by atoms with Gasteiger partial charge >= 0.3 is 0 Å². The molecule has 2 aromatic rings. The smallest absolute Gasteiger partial charge is 0.169 e. The van der Waals surface area contributed by atoms with Crippen LogP contribution in [0.3, 0.4) is 0 Å². The van der Waals surface area contributed by atoms with E-state index in [1.54, 1.807) is 22.8 Å². The molecule has 2 rings (SSSR count). The second-order valence-corrected chi connectivity index (χ2v) is 4.79. The Balaban J connectivity index is 2.33. The maximum atomic E-state index is 14.1. The van der Waals surface area contributed by atoms with Crippen LogP contribution in [0, 0.1) is 5.82 Å². The molecule has 19 heavy (non-hydrogen) atoms. The lowest BCUT2D eigenvalue weighted by atomic mass is 10.2. The van der Waals surface area contributed by atoms with Crippen molar-refractivity contribution in [3.05, 3.63) is 34.9 Å². The van der Waals surface area contributed by atoms with E-state index in [9.17, 15) is 4.39 Å². The second-order valence-electron chi connectivity index (χ2n) is 4.41. The van der Waals surface area contributed by atoms with Gasteiger partial charge in [0, 0.05) is 32.4 Å². The molecule has 0 atom stereocenters. The van der Waals surface area contributed by atoms with Crippen molar-refractivity contribution < 1.29 is 4.39 Å². The summed E-state index contributed by atoms with van der Waals surface area (Å²) in [6.07, 6.45) is 3.56. The molecule has 0 saturated heterocycles. The van der Waals surface area contributed by atoms with Crippen LogP contribution >= 0.6 is 11.6 Å². The number of anilines is 3. The Hall–Kier alpha value is -1.95. The SMILES string of the molecule is CN(Cc1cnn(C)c1)c1c(N)cc(N)c(Cl)c1F. The molecule has 0 spiro atoms. The fourth-order valence-corrected chi connectivity index (χ4v) is 2.10. The predicted octanol–water partition coefficient (Wildman–Crippen LogP) is 2.01. The molecule has 0 aliphatic rings. The highest BCUT2D eigenvalue weighted by Crippen LogP contribution is 2.36. The van der Waals surface area contributed by atoms with Crippen LogP contribution in [0.1, 0.15) is 5.56 Å². The zero-order valence-electron chi connectivity index (χ0n) is 10.7. The number of hydrogen-bond acceptors (Lipinski definition) is 4. The molecule has 0 aliphatic heterocycles. The highest BCUT2D eigenvalue weighted by molar-refractivity contribution is 6.33. The number of benzene rings is 1. The van der Waals surface area contributed by atoms with E-state index in [4.69, 9.17) is 23.1 Å². The van der Waals surface area contributed by atoms with Gasteiger partial charge in [0.2, 0.25) is 0 Å². The summed E-state index contributed by atoms with van der Waals surface area (Å²) in [7, 11) is 3.55. The van der Waals surface area contributed by atoms with Gasteiger partial charge in [-0.1, -0.05) is 11.6 Å². The van der Waals surface area contributed by atoms with Gasteiger partial charge in [0.25, 0.3) is 0 Å². The fourth-order valence-electron chi connectivity index (χ4n) is 1.95. The molecule has 0 aliphatic carbocycles. The Morgan fingerprint density at radius 3 is 2.68 bits per heavy atom. The average Bonchev–Trinajstić information content (AvgIpc) is 2.72. The highest BCUT2D eigenvalue weighted by atomic mass is 35.5. The molecule has 7 heteroatoms. The molecule has 0 amide bonds. The van der Waals surface area contributed by atoms with Crippen LogP contribution in [0.15, 0.2) is 18.5 Å². The van der Waals surface area contributed by atoms with E-state index < -0.39 is 5.82 Å². The van der Waals surface area contributed by atoms with Crippen molar-refractivity contribution in [3.63, 3.8) is 0 Å². The molecule has 1 aromatic heterocycles. The Bertz CT molecular complexity index is 610. The first kappa shape index (κ1) is 13.5. The molecule has 4 N–H and O–H groups in total. The van der Waals surface area contributed by atoms with E-state index >= 15 is 0 Å². The monoisotopic (exact) mass is 283 g/mol. The Morgan fingerprint density at radius 2 is 2.11 bits per heavy atom. The quantitative estimate of drug-likeness (QED) is 0.845. The van der Waals surface area contributed by atoms with Gasteiger partial charge in [0.05, 0.1) is 23.3 Å². The number of aromatic nitrogens is 2. The summed E-state index contributed by atoms with van der Waals surface area (Å²) in [6.45, 7) is 0.467. The summed E-state index contributed by atoms with van der Waals surface area (Å²) in [5.41, 5.74) is 12.9. The predicted molar refractivity (Wildman–Crippen MR) is 75.5 cm³/mol. The molecule has 1 heterocycles. The topological polar surface area (TPSA) is 73.1 Å². The van der Waals surface area contributed by atoms with Gasteiger partial charge in [-0.3, -0.25) is 4.68 Å². The molecule has 5 nitrogen and oxygen atoms in total. The van der Waals surface area contributed by atoms with Crippen LogP contribution in [0.5, 0.6) is 0 Å². The molecular weight excluding hydrogens is 269 g/mol. The van der Waals surface area contributed by atoms with E-state index in [1.807, 2.05) is 13.2 Å². The third-order valence-corrected chi connectivity index (χ3v) is 3.18. The minimum atomic E-state index is -0.606. The number of nitrogens with zero attached hydrogens (tertiary/aromatic N) is 3. The van der Waals surface area contributed by atoms with E-state index in [0.29, 0.717) is 6.54 Å². The molecule has 102 valence electrons. The van der Waals surface area contributed by atoms with Gasteiger partial charge in [-0.2, -0.15) is 5.10 Å².